The van der Waals surface area contributed by atoms with Crippen molar-refractivity contribution in [1.82, 2.24) is 9.55 Å². The van der Waals surface area contributed by atoms with Gasteiger partial charge in [0.15, 0.2) is 0 Å². The third kappa shape index (κ3) is 3.74. The number of imidazole rings is 1. The van der Waals surface area contributed by atoms with Crippen LogP contribution >= 0.6 is 11.6 Å². The first-order chi connectivity index (χ1) is 14.5. The van der Waals surface area contributed by atoms with E-state index >= 15 is 0 Å². The molecule has 0 N–H and O–H groups in total. The average Bonchev–Trinajstić information content (AvgIpc) is 3.06. The maximum atomic E-state index is 13.8. The second-order valence-electron chi connectivity index (χ2n) is 6.61. The number of esters is 1. The molecule has 0 spiro atoms. The van der Waals surface area contributed by atoms with E-state index < -0.39 is 5.82 Å². The molecule has 0 fully saturated rings. The minimum Gasteiger partial charge on any atom is -0.462 e. The van der Waals surface area contributed by atoms with Crippen molar-refractivity contribution >= 4 is 28.6 Å². The molecule has 0 saturated carbocycles. The minimum absolute atomic E-state index is 0.0242. The Bertz CT molecular complexity index is 1250. The zero-order chi connectivity index (χ0) is 21.3. The van der Waals surface area contributed by atoms with E-state index in [9.17, 15) is 9.18 Å². The van der Waals surface area contributed by atoms with E-state index in [1.54, 1.807) is 35.8 Å². The molecule has 0 atom stereocenters. The van der Waals surface area contributed by atoms with Crippen LogP contribution in [0.1, 0.15) is 17.3 Å². The third-order valence-electron chi connectivity index (χ3n) is 4.66. The standard InChI is InChI=1S/C23H18ClFN2O3/c1-3-29-22(28)15-7-4-6-14(12-15)17-8-5-9-20-21(17)26-23(27(20)2)30-16-10-11-18(24)19(25)13-16/h4-13H,3H2,1-2H3. The van der Waals surface area contributed by atoms with Gasteiger partial charge in [0, 0.05) is 18.7 Å². The van der Waals surface area contributed by atoms with Crippen LogP contribution in [0.25, 0.3) is 22.2 Å². The fourth-order valence-electron chi connectivity index (χ4n) is 3.19. The highest BCUT2D eigenvalue weighted by Crippen LogP contribution is 2.33. The summed E-state index contributed by atoms with van der Waals surface area (Å²) < 4.78 is 26.4. The number of rotatable bonds is 5. The predicted octanol–water partition coefficient (Wildman–Crippen LogP) is 6.00. The van der Waals surface area contributed by atoms with Gasteiger partial charge >= 0.3 is 12.0 Å². The van der Waals surface area contributed by atoms with Crippen LogP contribution in [0.2, 0.25) is 5.02 Å². The van der Waals surface area contributed by atoms with Crippen molar-refractivity contribution in [3.63, 3.8) is 0 Å². The van der Waals surface area contributed by atoms with Crippen LogP contribution < -0.4 is 4.74 Å². The predicted molar refractivity (Wildman–Crippen MR) is 114 cm³/mol. The molecule has 0 aliphatic carbocycles. The van der Waals surface area contributed by atoms with E-state index in [-0.39, 0.29) is 11.0 Å². The Hall–Kier alpha value is -3.38. The van der Waals surface area contributed by atoms with Crippen LogP contribution in [-0.4, -0.2) is 22.1 Å². The fourth-order valence-corrected chi connectivity index (χ4v) is 3.31. The first kappa shape index (κ1) is 19.9. The largest absolute Gasteiger partial charge is 0.462 e. The van der Waals surface area contributed by atoms with Gasteiger partial charge in [0.05, 0.1) is 22.7 Å². The normalized spacial score (nSPS) is 10.9. The summed E-state index contributed by atoms with van der Waals surface area (Å²) in [7, 11) is 1.82. The number of hydrogen-bond acceptors (Lipinski definition) is 4. The van der Waals surface area contributed by atoms with Gasteiger partial charge in [-0.25, -0.2) is 9.18 Å². The average molecular weight is 425 g/mol. The molecule has 4 aromatic rings. The molecule has 152 valence electrons. The first-order valence-corrected chi connectivity index (χ1v) is 9.71. The highest BCUT2D eigenvalue weighted by atomic mass is 35.5. The summed E-state index contributed by atoms with van der Waals surface area (Å²) in [6, 6.07) is 17.5. The van der Waals surface area contributed by atoms with Gasteiger partial charge < -0.3 is 9.47 Å². The van der Waals surface area contributed by atoms with E-state index in [2.05, 4.69) is 4.98 Å². The number of benzene rings is 3. The Morgan fingerprint density at radius 2 is 1.93 bits per heavy atom. The summed E-state index contributed by atoms with van der Waals surface area (Å²) in [5.74, 6) is -0.646. The molecular weight excluding hydrogens is 407 g/mol. The van der Waals surface area contributed by atoms with Crippen molar-refractivity contribution in [2.24, 2.45) is 7.05 Å². The summed E-state index contributed by atoms with van der Waals surface area (Å²) in [5.41, 5.74) is 3.67. The number of aromatic nitrogens is 2. The number of hydrogen-bond donors (Lipinski definition) is 0. The maximum absolute atomic E-state index is 13.8. The van der Waals surface area contributed by atoms with Crippen LogP contribution in [-0.2, 0) is 11.8 Å². The van der Waals surface area contributed by atoms with Crippen molar-refractivity contribution in [3.8, 4) is 22.9 Å². The van der Waals surface area contributed by atoms with Crippen LogP contribution in [0.4, 0.5) is 4.39 Å². The number of aryl methyl sites for hydroxylation is 1. The van der Waals surface area contributed by atoms with E-state index in [4.69, 9.17) is 21.1 Å². The zero-order valence-corrected chi connectivity index (χ0v) is 17.1. The van der Waals surface area contributed by atoms with Gasteiger partial charge in [-0.15, -0.1) is 0 Å². The van der Waals surface area contributed by atoms with Crippen LogP contribution in [0.3, 0.4) is 0 Å². The monoisotopic (exact) mass is 424 g/mol. The topological polar surface area (TPSA) is 53.4 Å². The second-order valence-corrected chi connectivity index (χ2v) is 7.01. The summed E-state index contributed by atoms with van der Waals surface area (Å²) in [4.78, 5) is 16.7. The SMILES string of the molecule is CCOC(=O)c1cccc(-c2cccc3c2nc(Oc2ccc(Cl)c(F)c2)n3C)c1. The zero-order valence-electron chi connectivity index (χ0n) is 16.4. The number of halogens is 2. The van der Waals surface area contributed by atoms with Crippen molar-refractivity contribution < 1.29 is 18.7 Å². The summed E-state index contributed by atoms with van der Waals surface area (Å²) >= 11 is 5.74. The van der Waals surface area contributed by atoms with Gasteiger partial charge in [-0.05, 0) is 42.8 Å². The Labute approximate surface area is 177 Å². The highest BCUT2D eigenvalue weighted by Gasteiger charge is 2.16. The second kappa shape index (κ2) is 8.16. The lowest BCUT2D eigenvalue weighted by atomic mass is 10.0. The Morgan fingerprint density at radius 3 is 2.70 bits per heavy atom. The lowest BCUT2D eigenvalue weighted by molar-refractivity contribution is 0.0526. The van der Waals surface area contributed by atoms with Crippen molar-refractivity contribution in [2.45, 2.75) is 6.92 Å². The molecule has 0 radical (unpaired) electrons. The fraction of sp³-hybridized carbons (Fsp3) is 0.130. The minimum atomic E-state index is -0.565. The molecule has 5 nitrogen and oxygen atoms in total. The first-order valence-electron chi connectivity index (χ1n) is 9.34. The van der Waals surface area contributed by atoms with Crippen molar-refractivity contribution in [1.29, 1.82) is 0 Å². The quantitative estimate of drug-likeness (QED) is 0.368. The molecule has 3 aromatic carbocycles. The number of carbonyl (C=O) groups is 1. The number of carbonyl (C=O) groups excluding carboxylic acids is 1. The molecule has 7 heteroatoms. The van der Waals surface area contributed by atoms with E-state index in [1.807, 2.05) is 31.3 Å². The van der Waals surface area contributed by atoms with Gasteiger partial charge in [0.2, 0.25) is 0 Å². The molecule has 0 bridgehead atoms. The van der Waals surface area contributed by atoms with Gasteiger partial charge in [-0.3, -0.25) is 4.57 Å². The van der Waals surface area contributed by atoms with Gasteiger partial charge in [-0.1, -0.05) is 35.9 Å². The summed E-state index contributed by atoms with van der Waals surface area (Å²) in [5, 5.41) is 0.0242. The molecule has 0 aliphatic heterocycles. The highest BCUT2D eigenvalue weighted by molar-refractivity contribution is 6.30. The summed E-state index contributed by atoms with van der Waals surface area (Å²) in [6.07, 6.45) is 0. The van der Waals surface area contributed by atoms with Gasteiger partial charge in [0.1, 0.15) is 17.1 Å². The van der Waals surface area contributed by atoms with Crippen LogP contribution in [0.15, 0.2) is 60.7 Å². The molecule has 0 amide bonds. The molecule has 0 saturated heterocycles. The Kier molecular flexibility index (Phi) is 5.42. The molecule has 4 rings (SSSR count). The molecule has 1 heterocycles. The maximum Gasteiger partial charge on any atom is 0.338 e. The Morgan fingerprint density at radius 1 is 1.13 bits per heavy atom. The van der Waals surface area contributed by atoms with Gasteiger partial charge in [-0.2, -0.15) is 4.98 Å². The van der Waals surface area contributed by atoms with E-state index in [0.717, 1.165) is 16.6 Å². The molecule has 30 heavy (non-hydrogen) atoms. The van der Waals surface area contributed by atoms with Crippen LogP contribution in [0, 0.1) is 5.82 Å². The van der Waals surface area contributed by atoms with E-state index in [1.165, 1.54) is 12.1 Å². The third-order valence-corrected chi connectivity index (χ3v) is 4.96. The van der Waals surface area contributed by atoms with Crippen molar-refractivity contribution in [2.75, 3.05) is 6.61 Å². The molecule has 0 unspecified atom stereocenters. The lowest BCUT2D eigenvalue weighted by Crippen LogP contribution is -2.04. The lowest BCUT2D eigenvalue weighted by Gasteiger charge is -2.06. The van der Waals surface area contributed by atoms with Gasteiger partial charge in [0.25, 0.3) is 0 Å². The molecule has 0 aliphatic rings. The number of ether oxygens (including phenoxy) is 2. The van der Waals surface area contributed by atoms with Crippen LogP contribution in [0.5, 0.6) is 11.8 Å². The Balaban J connectivity index is 1.76. The van der Waals surface area contributed by atoms with E-state index in [0.29, 0.717) is 29.4 Å². The molecular formula is C23H18ClFN2O3. The smallest absolute Gasteiger partial charge is 0.338 e. The number of nitrogens with zero attached hydrogens (tertiary/aromatic N) is 2. The number of fused-ring (bicyclic) bond motifs is 1. The molecule has 1 aromatic heterocycles. The number of para-hydroxylation sites is 1. The summed E-state index contributed by atoms with van der Waals surface area (Å²) in [6.45, 7) is 2.08. The van der Waals surface area contributed by atoms with Crippen molar-refractivity contribution in [3.05, 3.63) is 77.1 Å².